The van der Waals surface area contributed by atoms with Crippen molar-refractivity contribution in [1.82, 2.24) is 0 Å². The second kappa shape index (κ2) is 10.5. The van der Waals surface area contributed by atoms with Gasteiger partial charge in [-0.05, 0) is 99.3 Å². The maximum atomic E-state index is 14.6. The van der Waals surface area contributed by atoms with Crippen molar-refractivity contribution < 1.29 is 9.13 Å². The Morgan fingerprint density at radius 3 is 2.57 bits per heavy atom. The quantitative estimate of drug-likeness (QED) is 0.328. The molecule has 0 heterocycles. The van der Waals surface area contributed by atoms with Crippen molar-refractivity contribution in [2.24, 2.45) is 17.8 Å². The lowest BCUT2D eigenvalue weighted by Gasteiger charge is -2.35. The highest BCUT2D eigenvalue weighted by molar-refractivity contribution is 6.32. The number of unbranched alkanes of at least 4 members (excludes halogenated alkanes) is 1. The van der Waals surface area contributed by atoms with E-state index in [9.17, 15) is 4.39 Å². The molecule has 0 radical (unpaired) electrons. The molecule has 2 aliphatic rings. The molecule has 3 rings (SSSR count). The van der Waals surface area contributed by atoms with Crippen LogP contribution in [0.3, 0.4) is 0 Å². The average Bonchev–Trinajstić information content (AvgIpc) is 2.72. The summed E-state index contributed by atoms with van der Waals surface area (Å²) in [4.78, 5) is 0. The number of allylic oxidation sites excluding steroid dienone is 4. The number of rotatable bonds is 7. The number of hydrogen-bond donors (Lipinski definition) is 0. The third-order valence-corrected chi connectivity index (χ3v) is 6.92. The van der Waals surface area contributed by atoms with Crippen LogP contribution in [0.25, 0.3) is 5.57 Å². The van der Waals surface area contributed by atoms with E-state index in [1.165, 1.54) is 37.7 Å². The van der Waals surface area contributed by atoms with Crippen molar-refractivity contribution in [2.45, 2.75) is 71.6 Å². The fourth-order valence-electron chi connectivity index (χ4n) is 4.83. The molecule has 154 valence electrons. The molecule has 1 atom stereocenters. The summed E-state index contributed by atoms with van der Waals surface area (Å²) in [6.45, 7) is 4.74. The van der Waals surface area contributed by atoms with Crippen molar-refractivity contribution in [3.05, 3.63) is 46.8 Å². The van der Waals surface area contributed by atoms with Crippen molar-refractivity contribution in [2.75, 3.05) is 6.61 Å². The van der Waals surface area contributed by atoms with Crippen LogP contribution in [0.5, 0.6) is 5.75 Å². The standard InChI is InChI=1S/C25H34ClFO/c1-3-5-17-28-23-16-15-22(24(26)25(23)27)21-13-11-20(12-14-21)19-9-7-18(6-4-2)8-10-19/h4,6,13,15-16,18-20H,3,5,7-12,14,17H2,1-2H3. The number of ether oxygens (including phenoxy) is 1. The van der Waals surface area contributed by atoms with E-state index in [2.05, 4.69) is 32.1 Å². The topological polar surface area (TPSA) is 9.23 Å². The summed E-state index contributed by atoms with van der Waals surface area (Å²) >= 11 is 6.37. The molecule has 1 nitrogen and oxygen atoms in total. The molecule has 0 N–H and O–H groups in total. The van der Waals surface area contributed by atoms with Gasteiger partial charge in [0.05, 0.1) is 11.6 Å². The van der Waals surface area contributed by atoms with Gasteiger partial charge in [-0.3, -0.25) is 0 Å². The molecule has 1 aromatic carbocycles. The first-order chi connectivity index (χ1) is 13.6. The summed E-state index contributed by atoms with van der Waals surface area (Å²) in [5, 5.41) is 0.213. The highest BCUT2D eigenvalue weighted by Gasteiger charge is 2.28. The van der Waals surface area contributed by atoms with Gasteiger partial charge in [-0.15, -0.1) is 0 Å². The summed E-state index contributed by atoms with van der Waals surface area (Å²) in [5.74, 6) is 2.27. The minimum absolute atomic E-state index is 0.213. The van der Waals surface area contributed by atoms with Crippen LogP contribution in [0.4, 0.5) is 4.39 Å². The van der Waals surface area contributed by atoms with E-state index in [1.807, 2.05) is 6.07 Å². The van der Waals surface area contributed by atoms with Gasteiger partial charge >= 0.3 is 0 Å². The lowest BCUT2D eigenvalue weighted by atomic mass is 9.71. The first kappa shape index (κ1) is 21.4. The summed E-state index contributed by atoms with van der Waals surface area (Å²) in [7, 11) is 0. The van der Waals surface area contributed by atoms with Crippen LogP contribution in [-0.2, 0) is 0 Å². The van der Waals surface area contributed by atoms with Gasteiger partial charge in [0.15, 0.2) is 11.6 Å². The lowest BCUT2D eigenvalue weighted by molar-refractivity contribution is 0.212. The van der Waals surface area contributed by atoms with Gasteiger partial charge in [-0.1, -0.05) is 43.2 Å². The second-order valence-corrected chi connectivity index (χ2v) is 8.78. The molecule has 1 aromatic rings. The van der Waals surface area contributed by atoms with Crippen LogP contribution >= 0.6 is 11.6 Å². The first-order valence-corrected chi connectivity index (χ1v) is 11.4. The van der Waals surface area contributed by atoms with E-state index in [0.717, 1.165) is 49.0 Å². The molecule has 1 unspecified atom stereocenters. The maximum absolute atomic E-state index is 14.6. The number of halogens is 2. The molecule has 3 heteroatoms. The van der Waals surface area contributed by atoms with Crippen molar-refractivity contribution in [1.29, 1.82) is 0 Å². The van der Waals surface area contributed by atoms with Crippen LogP contribution in [-0.4, -0.2) is 6.61 Å². The third kappa shape index (κ3) is 5.20. The van der Waals surface area contributed by atoms with E-state index < -0.39 is 5.82 Å². The summed E-state index contributed by atoms with van der Waals surface area (Å²) < 4.78 is 20.2. The highest BCUT2D eigenvalue weighted by atomic mass is 35.5. The maximum Gasteiger partial charge on any atom is 0.184 e. The van der Waals surface area contributed by atoms with Crippen LogP contribution < -0.4 is 4.74 Å². The average molecular weight is 405 g/mol. The highest BCUT2D eigenvalue weighted by Crippen LogP contribution is 2.43. The fourth-order valence-corrected chi connectivity index (χ4v) is 5.10. The Kier molecular flexibility index (Phi) is 8.02. The monoisotopic (exact) mass is 404 g/mol. The van der Waals surface area contributed by atoms with E-state index in [1.54, 1.807) is 6.07 Å². The van der Waals surface area contributed by atoms with Gasteiger partial charge in [0.2, 0.25) is 0 Å². The van der Waals surface area contributed by atoms with Crippen molar-refractivity contribution in [3.63, 3.8) is 0 Å². The van der Waals surface area contributed by atoms with Crippen LogP contribution in [0, 0.1) is 23.6 Å². The Balaban J connectivity index is 1.61. The minimum atomic E-state index is -0.416. The number of benzene rings is 1. The van der Waals surface area contributed by atoms with Crippen LogP contribution in [0.15, 0.2) is 30.4 Å². The molecule has 2 aliphatic carbocycles. The third-order valence-electron chi connectivity index (χ3n) is 6.55. The molecule has 0 saturated heterocycles. The lowest BCUT2D eigenvalue weighted by Crippen LogP contribution is -2.22. The molecule has 0 amide bonds. The number of hydrogen-bond acceptors (Lipinski definition) is 1. The summed E-state index contributed by atoms with van der Waals surface area (Å²) in [6, 6.07) is 3.67. The first-order valence-electron chi connectivity index (χ1n) is 11.1. The minimum Gasteiger partial charge on any atom is -0.490 e. The van der Waals surface area contributed by atoms with Gasteiger partial charge in [0, 0.05) is 0 Å². The zero-order chi connectivity index (χ0) is 19.9. The van der Waals surface area contributed by atoms with E-state index in [4.69, 9.17) is 16.3 Å². The predicted octanol–water partition coefficient (Wildman–Crippen LogP) is 8.22. The molecule has 1 saturated carbocycles. The second-order valence-electron chi connectivity index (χ2n) is 8.41. The normalized spacial score (nSPS) is 25.7. The Bertz CT molecular complexity index is 701. The van der Waals surface area contributed by atoms with E-state index in [0.29, 0.717) is 6.61 Å². The Hall–Kier alpha value is -1.28. The molecule has 0 bridgehead atoms. The zero-order valence-corrected chi connectivity index (χ0v) is 18.1. The van der Waals surface area contributed by atoms with Crippen molar-refractivity contribution in [3.8, 4) is 5.75 Å². The summed E-state index contributed by atoms with van der Waals surface area (Å²) in [5.41, 5.74) is 2.04. The predicted molar refractivity (Wildman–Crippen MR) is 117 cm³/mol. The Labute approximate surface area is 175 Å². The SMILES string of the molecule is CC=CC1CCC(C2CC=C(c3ccc(OCCCC)c(F)c3Cl)CC2)CC1. The molecule has 0 aliphatic heterocycles. The summed E-state index contributed by atoms with van der Waals surface area (Å²) in [6.07, 6.45) is 17.5. The molecular formula is C25H34ClFO. The van der Waals surface area contributed by atoms with Crippen LogP contribution in [0.1, 0.15) is 77.2 Å². The molecule has 0 spiro atoms. The van der Waals surface area contributed by atoms with Gasteiger partial charge in [-0.2, -0.15) is 0 Å². The van der Waals surface area contributed by atoms with Gasteiger partial charge in [0.1, 0.15) is 0 Å². The van der Waals surface area contributed by atoms with Gasteiger partial charge < -0.3 is 4.74 Å². The van der Waals surface area contributed by atoms with Gasteiger partial charge in [0.25, 0.3) is 0 Å². The van der Waals surface area contributed by atoms with Gasteiger partial charge in [-0.25, -0.2) is 4.39 Å². The molecule has 1 fully saturated rings. The van der Waals surface area contributed by atoms with E-state index in [-0.39, 0.29) is 10.8 Å². The largest absolute Gasteiger partial charge is 0.490 e. The molecule has 28 heavy (non-hydrogen) atoms. The molecular weight excluding hydrogens is 371 g/mol. The fraction of sp³-hybridized carbons (Fsp3) is 0.600. The Morgan fingerprint density at radius 2 is 1.93 bits per heavy atom. The molecule has 0 aromatic heterocycles. The zero-order valence-electron chi connectivity index (χ0n) is 17.4. The van der Waals surface area contributed by atoms with Crippen LogP contribution in [0.2, 0.25) is 5.02 Å². The van der Waals surface area contributed by atoms with E-state index >= 15 is 0 Å². The smallest absolute Gasteiger partial charge is 0.184 e. The van der Waals surface area contributed by atoms with Crippen molar-refractivity contribution >= 4 is 17.2 Å². The Morgan fingerprint density at radius 1 is 1.14 bits per heavy atom.